The van der Waals surface area contributed by atoms with Crippen LogP contribution >= 0.6 is 0 Å². The molecule has 1 fully saturated rings. The van der Waals surface area contributed by atoms with Gasteiger partial charge in [0.05, 0.1) is 12.0 Å². The summed E-state index contributed by atoms with van der Waals surface area (Å²) in [5, 5.41) is 8.93. The van der Waals surface area contributed by atoms with Crippen molar-refractivity contribution in [3.05, 3.63) is 45.8 Å². The first kappa shape index (κ1) is 17.1. The number of nitrogens with zero attached hydrogens (tertiary/aromatic N) is 6. The molecule has 0 aromatic carbocycles. The lowest BCUT2D eigenvalue weighted by atomic mass is 9.96. The molecule has 4 heterocycles. The summed E-state index contributed by atoms with van der Waals surface area (Å²) in [6, 6.07) is 2.22. The molecule has 2 aliphatic rings. The highest BCUT2D eigenvalue weighted by Crippen LogP contribution is 2.25. The van der Waals surface area contributed by atoms with E-state index in [9.17, 15) is 4.79 Å². The summed E-state index contributed by atoms with van der Waals surface area (Å²) in [6.45, 7) is 6.50. The molecule has 26 heavy (non-hydrogen) atoms. The second kappa shape index (κ2) is 7.15. The summed E-state index contributed by atoms with van der Waals surface area (Å²) >= 11 is 0. The van der Waals surface area contributed by atoms with E-state index in [0.29, 0.717) is 11.5 Å². The van der Waals surface area contributed by atoms with Crippen LogP contribution in [0, 0.1) is 12.8 Å². The summed E-state index contributed by atoms with van der Waals surface area (Å²) in [7, 11) is 2.15. The molecular weight excluding hydrogens is 328 g/mol. The smallest absolute Gasteiger partial charge is 0.256 e. The second-order valence-corrected chi connectivity index (χ2v) is 7.63. The largest absolute Gasteiger partial charge is 0.355 e. The molecule has 2 aromatic rings. The van der Waals surface area contributed by atoms with Crippen LogP contribution in [-0.2, 0) is 19.5 Å². The van der Waals surface area contributed by atoms with E-state index >= 15 is 0 Å². The summed E-state index contributed by atoms with van der Waals surface area (Å²) in [5.74, 6) is 1.50. The van der Waals surface area contributed by atoms with Crippen LogP contribution in [0.4, 0.5) is 5.82 Å². The van der Waals surface area contributed by atoms with E-state index in [1.807, 2.05) is 6.92 Å². The van der Waals surface area contributed by atoms with Gasteiger partial charge in [-0.3, -0.25) is 9.36 Å². The van der Waals surface area contributed by atoms with Gasteiger partial charge < -0.3 is 9.80 Å². The average molecular weight is 354 g/mol. The molecule has 0 atom stereocenters. The zero-order valence-electron chi connectivity index (χ0n) is 15.6. The first-order valence-corrected chi connectivity index (χ1v) is 9.40. The highest BCUT2D eigenvalue weighted by Gasteiger charge is 2.23. The van der Waals surface area contributed by atoms with Gasteiger partial charge in [-0.25, -0.2) is 4.98 Å². The van der Waals surface area contributed by atoms with Crippen LogP contribution in [0.15, 0.2) is 23.4 Å². The number of hydrogen-bond donors (Lipinski definition) is 0. The third-order valence-corrected chi connectivity index (χ3v) is 5.58. The highest BCUT2D eigenvalue weighted by molar-refractivity contribution is 5.42. The maximum absolute atomic E-state index is 12.2. The third-order valence-electron chi connectivity index (χ3n) is 5.58. The number of likely N-dealkylation sites (N-methyl/N-ethyl adjacent to an activating group) is 1. The van der Waals surface area contributed by atoms with Crippen LogP contribution in [0.3, 0.4) is 0 Å². The summed E-state index contributed by atoms with van der Waals surface area (Å²) in [4.78, 5) is 21.0. The van der Waals surface area contributed by atoms with Crippen molar-refractivity contribution in [1.82, 2.24) is 24.6 Å². The summed E-state index contributed by atoms with van der Waals surface area (Å²) < 4.78 is 1.75. The normalized spacial score (nSPS) is 18.8. The lowest BCUT2D eigenvalue weighted by Gasteiger charge is -2.33. The van der Waals surface area contributed by atoms with Crippen molar-refractivity contribution in [2.24, 2.45) is 5.92 Å². The standard InChI is InChI=1S/C19H26N6O/c1-14-10-20-13-25(19(14)26)11-15-3-7-24(8-4-15)18-9-16-12-23(2)6-5-17(16)21-22-18/h9-10,13,15H,3-8,11-12H2,1-2H3. The Hall–Kier alpha value is -2.28. The predicted molar refractivity (Wildman–Crippen MR) is 100 cm³/mol. The molecule has 0 radical (unpaired) electrons. The first-order chi connectivity index (χ1) is 12.6. The van der Waals surface area contributed by atoms with Crippen molar-refractivity contribution >= 4 is 5.82 Å². The zero-order chi connectivity index (χ0) is 18.1. The molecule has 0 amide bonds. The van der Waals surface area contributed by atoms with E-state index in [-0.39, 0.29) is 5.56 Å². The van der Waals surface area contributed by atoms with Gasteiger partial charge in [0.2, 0.25) is 0 Å². The van der Waals surface area contributed by atoms with Gasteiger partial charge in [-0.2, -0.15) is 5.10 Å². The molecule has 2 aliphatic heterocycles. The number of piperidine rings is 1. The van der Waals surface area contributed by atoms with Crippen LogP contribution in [0.2, 0.25) is 0 Å². The Balaban J connectivity index is 1.40. The Morgan fingerprint density at radius 1 is 1.19 bits per heavy atom. The Labute approximate surface area is 153 Å². The third kappa shape index (κ3) is 3.49. The molecular formula is C19H26N6O. The lowest BCUT2D eigenvalue weighted by molar-refractivity contribution is 0.308. The number of hydrogen-bond acceptors (Lipinski definition) is 6. The molecule has 0 bridgehead atoms. The van der Waals surface area contributed by atoms with Gasteiger partial charge in [-0.15, -0.1) is 5.10 Å². The zero-order valence-corrected chi connectivity index (χ0v) is 15.6. The van der Waals surface area contributed by atoms with Crippen LogP contribution < -0.4 is 10.5 Å². The fraction of sp³-hybridized carbons (Fsp3) is 0.579. The molecule has 0 saturated carbocycles. The van der Waals surface area contributed by atoms with Crippen molar-refractivity contribution < 1.29 is 0 Å². The van der Waals surface area contributed by atoms with Crippen molar-refractivity contribution in [1.29, 1.82) is 0 Å². The summed E-state index contributed by atoms with van der Waals surface area (Å²) in [6.07, 6.45) is 6.39. The molecule has 7 heteroatoms. The topological polar surface area (TPSA) is 67.2 Å². The average Bonchev–Trinajstić information content (AvgIpc) is 2.65. The minimum atomic E-state index is 0.0760. The fourth-order valence-electron chi connectivity index (χ4n) is 3.93. The van der Waals surface area contributed by atoms with Crippen molar-refractivity contribution in [3.8, 4) is 0 Å². The highest BCUT2D eigenvalue weighted by atomic mass is 16.1. The van der Waals surface area contributed by atoms with E-state index in [1.54, 1.807) is 17.1 Å². The molecule has 0 spiro atoms. The van der Waals surface area contributed by atoms with Gasteiger partial charge >= 0.3 is 0 Å². The minimum absolute atomic E-state index is 0.0760. The Morgan fingerprint density at radius 3 is 2.81 bits per heavy atom. The van der Waals surface area contributed by atoms with Gasteiger partial charge in [-0.1, -0.05) is 0 Å². The monoisotopic (exact) mass is 354 g/mol. The van der Waals surface area contributed by atoms with Gasteiger partial charge in [0.25, 0.3) is 5.56 Å². The molecule has 0 N–H and O–H groups in total. The van der Waals surface area contributed by atoms with E-state index in [2.05, 4.69) is 38.1 Å². The molecule has 4 rings (SSSR count). The minimum Gasteiger partial charge on any atom is -0.355 e. The van der Waals surface area contributed by atoms with Crippen molar-refractivity contribution in [3.63, 3.8) is 0 Å². The number of aromatic nitrogens is 4. The number of rotatable bonds is 3. The fourth-order valence-corrected chi connectivity index (χ4v) is 3.93. The number of anilines is 1. The summed E-state index contributed by atoms with van der Waals surface area (Å²) in [5.41, 5.74) is 3.24. The molecule has 7 nitrogen and oxygen atoms in total. The lowest BCUT2D eigenvalue weighted by Crippen LogP contribution is -2.37. The van der Waals surface area contributed by atoms with Crippen LogP contribution in [-0.4, -0.2) is 51.3 Å². The first-order valence-electron chi connectivity index (χ1n) is 9.40. The Bertz CT molecular complexity index is 840. The molecule has 138 valence electrons. The van der Waals surface area contributed by atoms with Gasteiger partial charge in [-0.05, 0) is 44.4 Å². The van der Waals surface area contributed by atoms with Gasteiger partial charge in [0, 0.05) is 50.9 Å². The molecule has 2 aromatic heterocycles. The molecule has 0 unspecified atom stereocenters. The molecule has 0 aliphatic carbocycles. The maximum Gasteiger partial charge on any atom is 0.256 e. The van der Waals surface area contributed by atoms with Crippen molar-refractivity contribution in [2.45, 2.75) is 39.3 Å². The van der Waals surface area contributed by atoms with Gasteiger partial charge in [0.15, 0.2) is 5.82 Å². The number of fused-ring (bicyclic) bond motifs is 1. The number of aryl methyl sites for hydroxylation is 1. The van der Waals surface area contributed by atoms with E-state index in [0.717, 1.165) is 63.5 Å². The second-order valence-electron chi connectivity index (χ2n) is 7.63. The van der Waals surface area contributed by atoms with E-state index < -0.39 is 0 Å². The van der Waals surface area contributed by atoms with Crippen LogP contribution in [0.5, 0.6) is 0 Å². The quantitative estimate of drug-likeness (QED) is 0.826. The Kier molecular flexibility index (Phi) is 4.72. The van der Waals surface area contributed by atoms with E-state index in [1.165, 1.54) is 5.56 Å². The molecule has 1 saturated heterocycles. The maximum atomic E-state index is 12.2. The SMILES string of the molecule is Cc1cncn(CC2CCN(c3cc4c(nn3)CCN(C)C4)CC2)c1=O. The van der Waals surface area contributed by atoms with Crippen LogP contribution in [0.1, 0.15) is 29.7 Å². The van der Waals surface area contributed by atoms with Crippen LogP contribution in [0.25, 0.3) is 0 Å². The van der Waals surface area contributed by atoms with Crippen molar-refractivity contribution in [2.75, 3.05) is 31.6 Å². The van der Waals surface area contributed by atoms with E-state index in [4.69, 9.17) is 0 Å². The predicted octanol–water partition coefficient (Wildman–Crippen LogP) is 1.25. The van der Waals surface area contributed by atoms with Gasteiger partial charge in [0.1, 0.15) is 0 Å². The Morgan fingerprint density at radius 2 is 2.00 bits per heavy atom.